The van der Waals surface area contributed by atoms with Crippen molar-refractivity contribution < 1.29 is 14.3 Å². The minimum Gasteiger partial charge on any atom is -0.454 e. The summed E-state index contributed by atoms with van der Waals surface area (Å²) < 4.78 is 12.5. The summed E-state index contributed by atoms with van der Waals surface area (Å²) in [5.74, 6) is 1.58. The third-order valence-corrected chi connectivity index (χ3v) is 4.12. The maximum atomic E-state index is 12.4. The average Bonchev–Trinajstić information content (AvgIpc) is 3.26. The zero-order valence-electron chi connectivity index (χ0n) is 12.0. The summed E-state index contributed by atoms with van der Waals surface area (Å²) in [6.07, 6.45) is 4.80. The summed E-state index contributed by atoms with van der Waals surface area (Å²) in [5.41, 5.74) is 0.943. The molecule has 22 heavy (non-hydrogen) atoms. The van der Waals surface area contributed by atoms with Crippen molar-refractivity contribution in [3.05, 3.63) is 36.2 Å². The van der Waals surface area contributed by atoms with Crippen molar-refractivity contribution in [3.63, 3.8) is 0 Å². The van der Waals surface area contributed by atoms with Gasteiger partial charge in [0.15, 0.2) is 11.5 Å². The van der Waals surface area contributed by atoms with Crippen LogP contribution in [-0.2, 0) is 11.2 Å². The number of fused-ring (bicyclic) bond motifs is 1. The standard InChI is InChI=1S/C15H16N4O3/c20-15(8-11-1-2-13-14(7-11)22-10-21-13)18-5-3-12(9-18)19-6-4-16-17-19/h1-2,4,6-7,12H,3,5,8-10H2/t12-/m1/s1. The first-order valence-corrected chi connectivity index (χ1v) is 7.32. The fraction of sp³-hybridized carbons (Fsp3) is 0.400. The number of aromatic nitrogens is 3. The Labute approximate surface area is 127 Å². The van der Waals surface area contributed by atoms with E-state index in [1.165, 1.54) is 0 Å². The lowest BCUT2D eigenvalue weighted by Crippen LogP contribution is -2.30. The van der Waals surface area contributed by atoms with Gasteiger partial charge in [-0.2, -0.15) is 0 Å². The summed E-state index contributed by atoms with van der Waals surface area (Å²) in [6, 6.07) is 5.87. The molecular weight excluding hydrogens is 284 g/mol. The molecule has 0 spiro atoms. The number of carbonyl (C=O) groups excluding carboxylic acids is 1. The quantitative estimate of drug-likeness (QED) is 0.846. The van der Waals surface area contributed by atoms with Crippen molar-refractivity contribution in [2.24, 2.45) is 0 Å². The van der Waals surface area contributed by atoms with E-state index in [1.54, 1.807) is 6.20 Å². The zero-order chi connectivity index (χ0) is 14.9. The Bertz CT molecular complexity index is 686. The number of nitrogens with zero attached hydrogens (tertiary/aromatic N) is 4. The molecule has 0 unspecified atom stereocenters. The largest absolute Gasteiger partial charge is 0.454 e. The van der Waals surface area contributed by atoms with Gasteiger partial charge in [-0.15, -0.1) is 5.10 Å². The van der Waals surface area contributed by atoms with Crippen LogP contribution in [-0.4, -0.2) is 45.7 Å². The summed E-state index contributed by atoms with van der Waals surface area (Å²) in [6.45, 7) is 1.69. The molecule has 0 N–H and O–H groups in total. The number of likely N-dealkylation sites (tertiary alicyclic amines) is 1. The lowest BCUT2D eigenvalue weighted by Gasteiger charge is -2.16. The van der Waals surface area contributed by atoms with Crippen LogP contribution in [0.1, 0.15) is 18.0 Å². The van der Waals surface area contributed by atoms with Crippen LogP contribution in [0.25, 0.3) is 0 Å². The van der Waals surface area contributed by atoms with Gasteiger partial charge in [0.25, 0.3) is 0 Å². The summed E-state index contributed by atoms with van der Waals surface area (Å²) in [7, 11) is 0. The molecule has 2 aliphatic heterocycles. The Balaban J connectivity index is 1.40. The van der Waals surface area contributed by atoms with Crippen molar-refractivity contribution >= 4 is 5.91 Å². The first-order chi connectivity index (χ1) is 10.8. The van der Waals surface area contributed by atoms with Gasteiger partial charge in [-0.1, -0.05) is 11.3 Å². The van der Waals surface area contributed by atoms with Crippen molar-refractivity contribution in [2.45, 2.75) is 18.9 Å². The molecule has 7 heteroatoms. The molecule has 1 fully saturated rings. The molecule has 1 amide bonds. The van der Waals surface area contributed by atoms with E-state index in [0.29, 0.717) is 18.7 Å². The average molecular weight is 300 g/mol. The van der Waals surface area contributed by atoms with Gasteiger partial charge in [-0.05, 0) is 24.1 Å². The van der Waals surface area contributed by atoms with Crippen molar-refractivity contribution in [1.82, 2.24) is 19.9 Å². The van der Waals surface area contributed by atoms with Gasteiger partial charge in [-0.25, -0.2) is 4.68 Å². The molecule has 2 aromatic rings. The first kappa shape index (κ1) is 13.1. The zero-order valence-corrected chi connectivity index (χ0v) is 12.0. The number of rotatable bonds is 3. The Morgan fingerprint density at radius 2 is 2.23 bits per heavy atom. The van der Waals surface area contributed by atoms with Gasteiger partial charge < -0.3 is 14.4 Å². The van der Waals surface area contributed by atoms with Gasteiger partial charge in [0.2, 0.25) is 12.7 Å². The number of amides is 1. The third kappa shape index (κ3) is 2.38. The molecule has 0 radical (unpaired) electrons. The van der Waals surface area contributed by atoms with E-state index in [0.717, 1.165) is 24.3 Å². The van der Waals surface area contributed by atoms with Crippen LogP contribution in [0.15, 0.2) is 30.6 Å². The van der Waals surface area contributed by atoms with Crippen LogP contribution in [0.5, 0.6) is 11.5 Å². The highest BCUT2D eigenvalue weighted by Crippen LogP contribution is 2.32. The van der Waals surface area contributed by atoms with Gasteiger partial charge in [0, 0.05) is 19.3 Å². The molecule has 3 heterocycles. The SMILES string of the molecule is O=C(Cc1ccc2c(c1)OCO2)N1CC[C@@H](n2ccnn2)C1. The molecule has 114 valence electrons. The summed E-state index contributed by atoms with van der Waals surface area (Å²) >= 11 is 0. The van der Waals surface area contributed by atoms with E-state index >= 15 is 0 Å². The predicted molar refractivity (Wildman–Crippen MR) is 76.5 cm³/mol. The topological polar surface area (TPSA) is 69.5 Å². The first-order valence-electron chi connectivity index (χ1n) is 7.32. The number of benzene rings is 1. The van der Waals surface area contributed by atoms with Crippen molar-refractivity contribution in [1.29, 1.82) is 0 Å². The lowest BCUT2D eigenvalue weighted by molar-refractivity contribution is -0.129. The van der Waals surface area contributed by atoms with Crippen LogP contribution < -0.4 is 9.47 Å². The van der Waals surface area contributed by atoms with Crippen LogP contribution in [0, 0.1) is 0 Å². The second kappa shape index (κ2) is 5.32. The van der Waals surface area contributed by atoms with Crippen LogP contribution in [0.2, 0.25) is 0 Å². The van der Waals surface area contributed by atoms with E-state index in [4.69, 9.17) is 9.47 Å². The molecule has 1 saturated heterocycles. The fourth-order valence-electron chi connectivity index (χ4n) is 2.93. The van der Waals surface area contributed by atoms with E-state index in [-0.39, 0.29) is 18.7 Å². The number of ether oxygens (including phenoxy) is 2. The van der Waals surface area contributed by atoms with Gasteiger partial charge in [0.05, 0.1) is 18.7 Å². The van der Waals surface area contributed by atoms with E-state index in [2.05, 4.69) is 10.3 Å². The van der Waals surface area contributed by atoms with Gasteiger partial charge in [-0.3, -0.25) is 4.79 Å². The van der Waals surface area contributed by atoms with Gasteiger partial charge >= 0.3 is 0 Å². The molecule has 2 aliphatic rings. The molecule has 1 aromatic heterocycles. The maximum Gasteiger partial charge on any atom is 0.231 e. The van der Waals surface area contributed by atoms with E-state index < -0.39 is 0 Å². The molecule has 4 rings (SSSR count). The third-order valence-electron chi connectivity index (χ3n) is 4.12. The highest BCUT2D eigenvalue weighted by Gasteiger charge is 2.28. The monoisotopic (exact) mass is 300 g/mol. The maximum absolute atomic E-state index is 12.4. The van der Waals surface area contributed by atoms with Crippen molar-refractivity contribution in [2.75, 3.05) is 19.9 Å². The van der Waals surface area contributed by atoms with Crippen LogP contribution in [0.3, 0.4) is 0 Å². The predicted octanol–water partition coefficient (Wildman–Crippen LogP) is 1.02. The normalized spacial score (nSPS) is 19.6. The van der Waals surface area contributed by atoms with Crippen LogP contribution >= 0.6 is 0 Å². The second-order valence-corrected chi connectivity index (χ2v) is 5.53. The Morgan fingerprint density at radius 1 is 1.32 bits per heavy atom. The molecule has 7 nitrogen and oxygen atoms in total. The van der Waals surface area contributed by atoms with Crippen LogP contribution in [0.4, 0.5) is 0 Å². The lowest BCUT2D eigenvalue weighted by atomic mass is 10.1. The number of carbonyl (C=O) groups is 1. The summed E-state index contributed by atoms with van der Waals surface area (Å²) in [5, 5.41) is 7.84. The van der Waals surface area contributed by atoms with E-state index in [9.17, 15) is 4.79 Å². The highest BCUT2D eigenvalue weighted by molar-refractivity contribution is 5.79. The Hall–Kier alpha value is -2.57. The Kier molecular flexibility index (Phi) is 3.17. The fourth-order valence-corrected chi connectivity index (χ4v) is 2.93. The molecule has 0 aliphatic carbocycles. The van der Waals surface area contributed by atoms with Gasteiger partial charge in [0.1, 0.15) is 0 Å². The minimum atomic E-state index is 0.126. The minimum absolute atomic E-state index is 0.126. The highest BCUT2D eigenvalue weighted by atomic mass is 16.7. The second-order valence-electron chi connectivity index (χ2n) is 5.53. The summed E-state index contributed by atoms with van der Waals surface area (Å²) in [4.78, 5) is 14.3. The number of hydrogen-bond acceptors (Lipinski definition) is 5. The Morgan fingerprint density at radius 3 is 3.09 bits per heavy atom. The van der Waals surface area contributed by atoms with Crippen molar-refractivity contribution in [3.8, 4) is 11.5 Å². The molecular formula is C15H16N4O3. The van der Waals surface area contributed by atoms with E-state index in [1.807, 2.05) is 34.0 Å². The molecule has 1 atom stereocenters. The molecule has 0 saturated carbocycles. The smallest absolute Gasteiger partial charge is 0.231 e. The molecule has 0 bridgehead atoms. The molecule has 1 aromatic carbocycles. The number of hydrogen-bond donors (Lipinski definition) is 0.